The van der Waals surface area contributed by atoms with Gasteiger partial charge in [0, 0.05) is 10.7 Å². The number of carbonyl (C=O) groups is 2. The Balaban J connectivity index is 1.66. The Hall–Kier alpha value is -2.59. The zero-order valence-corrected chi connectivity index (χ0v) is 15.9. The molecule has 0 aliphatic rings. The summed E-state index contributed by atoms with van der Waals surface area (Å²) in [6.45, 7) is -0.449. The highest BCUT2D eigenvalue weighted by Gasteiger charge is 2.15. The Bertz CT molecular complexity index is 1050. The van der Waals surface area contributed by atoms with Gasteiger partial charge in [0.2, 0.25) is 0 Å². The van der Waals surface area contributed by atoms with E-state index in [4.69, 9.17) is 4.74 Å². The van der Waals surface area contributed by atoms with Crippen LogP contribution >= 0.6 is 27.7 Å². The number of carbonyl (C=O) groups excluding carboxylic acids is 2. The van der Waals surface area contributed by atoms with Gasteiger partial charge in [-0.15, -0.1) is 11.8 Å². The molecule has 10 heteroatoms. The van der Waals surface area contributed by atoms with Crippen molar-refractivity contribution in [2.24, 2.45) is 0 Å². The number of aromatic amines is 2. The number of amides is 1. The van der Waals surface area contributed by atoms with Crippen LogP contribution in [0.2, 0.25) is 0 Å². The van der Waals surface area contributed by atoms with Crippen LogP contribution in [-0.4, -0.2) is 39.7 Å². The molecule has 0 aliphatic carbocycles. The average Bonchev–Trinajstić information content (AvgIpc) is 2.98. The highest BCUT2D eigenvalue weighted by molar-refractivity contribution is 9.10. The Morgan fingerprint density at radius 2 is 2.04 bits per heavy atom. The normalized spacial score (nSPS) is 10.7. The zero-order chi connectivity index (χ0) is 18.7. The number of halogens is 1. The standard InChI is InChI=1S/C16H13BrN4O4S/c1-26-14-8(3-2-4-18-14)15(23)25-7-13(22)19-10-6-12-11(5-9(10)17)20-16(24)21-12/h2-6H,7H2,1H3,(H,19,22)(H2,20,21,24). The first kappa shape index (κ1) is 18.2. The maximum absolute atomic E-state index is 12.1. The molecule has 0 radical (unpaired) electrons. The van der Waals surface area contributed by atoms with Crippen LogP contribution in [0.4, 0.5) is 5.69 Å². The van der Waals surface area contributed by atoms with Crippen molar-refractivity contribution in [3.63, 3.8) is 0 Å². The Morgan fingerprint density at radius 3 is 2.77 bits per heavy atom. The number of thioether (sulfide) groups is 1. The van der Waals surface area contributed by atoms with Gasteiger partial charge in [0.1, 0.15) is 5.03 Å². The van der Waals surface area contributed by atoms with Gasteiger partial charge in [0.25, 0.3) is 5.91 Å². The third-order valence-corrected chi connectivity index (χ3v) is 4.76. The first-order valence-electron chi connectivity index (χ1n) is 7.35. The van der Waals surface area contributed by atoms with Crippen molar-refractivity contribution in [2.75, 3.05) is 18.2 Å². The molecule has 3 aromatic rings. The van der Waals surface area contributed by atoms with Crippen molar-refractivity contribution in [2.45, 2.75) is 5.03 Å². The highest BCUT2D eigenvalue weighted by Crippen LogP contribution is 2.26. The number of benzene rings is 1. The van der Waals surface area contributed by atoms with Crippen LogP contribution < -0.4 is 11.0 Å². The number of esters is 1. The van der Waals surface area contributed by atoms with Crippen molar-refractivity contribution < 1.29 is 14.3 Å². The van der Waals surface area contributed by atoms with E-state index in [1.54, 1.807) is 36.7 Å². The Kier molecular flexibility index (Phi) is 5.43. The number of aromatic nitrogens is 3. The summed E-state index contributed by atoms with van der Waals surface area (Å²) in [4.78, 5) is 44.8. The number of nitrogens with one attached hydrogen (secondary N) is 3. The first-order chi connectivity index (χ1) is 12.5. The van der Waals surface area contributed by atoms with Gasteiger partial charge < -0.3 is 20.0 Å². The first-order valence-corrected chi connectivity index (χ1v) is 9.37. The van der Waals surface area contributed by atoms with E-state index in [2.05, 4.69) is 36.2 Å². The minimum Gasteiger partial charge on any atom is -0.452 e. The van der Waals surface area contributed by atoms with Gasteiger partial charge in [-0.25, -0.2) is 14.6 Å². The van der Waals surface area contributed by atoms with E-state index < -0.39 is 18.5 Å². The van der Waals surface area contributed by atoms with Gasteiger partial charge in [-0.3, -0.25) is 4.79 Å². The minimum absolute atomic E-state index is 0.306. The van der Waals surface area contributed by atoms with Gasteiger partial charge in [-0.2, -0.15) is 0 Å². The van der Waals surface area contributed by atoms with E-state index in [9.17, 15) is 14.4 Å². The molecule has 0 saturated heterocycles. The molecule has 1 amide bonds. The smallest absolute Gasteiger partial charge is 0.341 e. The van der Waals surface area contributed by atoms with E-state index in [1.165, 1.54) is 11.8 Å². The van der Waals surface area contributed by atoms with Crippen LogP contribution in [0.3, 0.4) is 0 Å². The van der Waals surface area contributed by atoms with Gasteiger partial charge >= 0.3 is 11.7 Å². The van der Waals surface area contributed by atoms with E-state index in [-0.39, 0.29) is 5.69 Å². The molecule has 0 bridgehead atoms. The van der Waals surface area contributed by atoms with Gasteiger partial charge in [-0.05, 0) is 46.5 Å². The number of hydrogen-bond acceptors (Lipinski definition) is 6. The fourth-order valence-corrected chi connectivity index (χ4v) is 3.24. The lowest BCUT2D eigenvalue weighted by Crippen LogP contribution is -2.21. The second-order valence-electron chi connectivity index (χ2n) is 5.14. The van der Waals surface area contributed by atoms with Crippen molar-refractivity contribution in [1.82, 2.24) is 15.0 Å². The summed E-state index contributed by atoms with van der Waals surface area (Å²) in [7, 11) is 0. The second kappa shape index (κ2) is 7.75. The van der Waals surface area contributed by atoms with Gasteiger partial charge in [0.15, 0.2) is 6.61 Å². The van der Waals surface area contributed by atoms with Crippen LogP contribution in [0, 0.1) is 0 Å². The quantitative estimate of drug-likeness (QED) is 0.417. The van der Waals surface area contributed by atoms with Gasteiger partial charge in [-0.1, -0.05) is 0 Å². The fourth-order valence-electron chi connectivity index (χ4n) is 2.26. The molecule has 0 fully saturated rings. The number of hydrogen-bond donors (Lipinski definition) is 3. The lowest BCUT2D eigenvalue weighted by atomic mass is 10.2. The van der Waals surface area contributed by atoms with E-state index in [1.807, 2.05) is 0 Å². The van der Waals surface area contributed by atoms with E-state index >= 15 is 0 Å². The van der Waals surface area contributed by atoms with Crippen LogP contribution in [0.1, 0.15) is 10.4 Å². The molecule has 0 atom stereocenters. The number of anilines is 1. The minimum atomic E-state index is -0.623. The summed E-state index contributed by atoms with van der Waals surface area (Å²) < 4.78 is 5.63. The predicted molar refractivity (Wildman–Crippen MR) is 102 cm³/mol. The number of ether oxygens (including phenoxy) is 1. The lowest BCUT2D eigenvalue weighted by Gasteiger charge is -2.09. The molecule has 134 valence electrons. The lowest BCUT2D eigenvalue weighted by molar-refractivity contribution is -0.119. The highest BCUT2D eigenvalue weighted by atomic mass is 79.9. The molecule has 0 spiro atoms. The van der Waals surface area contributed by atoms with E-state index in [0.717, 1.165) is 0 Å². The maximum atomic E-state index is 12.1. The van der Waals surface area contributed by atoms with Crippen molar-refractivity contribution >= 4 is 56.3 Å². The molecular formula is C16H13BrN4O4S. The molecule has 3 rings (SSSR count). The molecule has 8 nitrogen and oxygen atoms in total. The number of nitrogens with zero attached hydrogens (tertiary/aromatic N) is 1. The van der Waals surface area contributed by atoms with Crippen LogP contribution in [0.15, 0.2) is 44.8 Å². The molecule has 0 unspecified atom stereocenters. The van der Waals surface area contributed by atoms with Gasteiger partial charge in [0.05, 0.1) is 22.3 Å². The molecule has 1 aromatic carbocycles. The molecule has 26 heavy (non-hydrogen) atoms. The largest absolute Gasteiger partial charge is 0.452 e. The Morgan fingerprint density at radius 1 is 1.31 bits per heavy atom. The summed E-state index contributed by atoms with van der Waals surface area (Å²) in [6.07, 6.45) is 3.37. The van der Waals surface area contributed by atoms with Crippen LogP contribution in [0.5, 0.6) is 0 Å². The topological polar surface area (TPSA) is 117 Å². The fraction of sp³-hybridized carbons (Fsp3) is 0.125. The zero-order valence-electron chi connectivity index (χ0n) is 13.5. The summed E-state index contributed by atoms with van der Waals surface area (Å²) in [6, 6.07) is 6.48. The number of pyridine rings is 1. The number of imidazole rings is 1. The number of H-pyrrole nitrogens is 2. The van der Waals surface area contributed by atoms with Crippen LogP contribution in [0.25, 0.3) is 11.0 Å². The molecule has 2 aromatic heterocycles. The van der Waals surface area contributed by atoms with Crippen molar-refractivity contribution in [3.8, 4) is 0 Å². The summed E-state index contributed by atoms with van der Waals surface area (Å²) in [5, 5.41) is 3.16. The third kappa shape index (κ3) is 3.97. The third-order valence-electron chi connectivity index (χ3n) is 3.40. The molecule has 0 saturated carbocycles. The van der Waals surface area contributed by atoms with E-state index in [0.29, 0.717) is 31.8 Å². The summed E-state index contributed by atoms with van der Waals surface area (Å²) >= 11 is 4.64. The summed E-state index contributed by atoms with van der Waals surface area (Å²) in [5.41, 5.74) is 1.56. The molecule has 3 N–H and O–H groups in total. The average molecular weight is 437 g/mol. The maximum Gasteiger partial charge on any atom is 0.341 e. The predicted octanol–water partition coefficient (Wildman–Crippen LogP) is 2.53. The monoisotopic (exact) mass is 436 g/mol. The molecular weight excluding hydrogens is 424 g/mol. The summed E-state index contributed by atoms with van der Waals surface area (Å²) in [5.74, 6) is -1.13. The number of rotatable bonds is 5. The number of fused-ring (bicyclic) bond motifs is 1. The SMILES string of the molecule is CSc1ncccc1C(=O)OCC(=O)Nc1cc2[nH]c(=O)[nH]c2cc1Br. The molecule has 0 aliphatic heterocycles. The van der Waals surface area contributed by atoms with Crippen LogP contribution in [-0.2, 0) is 9.53 Å². The molecule has 2 heterocycles. The second-order valence-corrected chi connectivity index (χ2v) is 6.79. The van der Waals surface area contributed by atoms with Crippen molar-refractivity contribution in [3.05, 3.63) is 51.0 Å². The Labute approximate surface area is 159 Å². The van der Waals surface area contributed by atoms with Crippen molar-refractivity contribution in [1.29, 1.82) is 0 Å².